The lowest BCUT2D eigenvalue weighted by Crippen LogP contribution is -2.17. The zero-order valence-corrected chi connectivity index (χ0v) is 11.6. The highest BCUT2D eigenvalue weighted by Gasteiger charge is 2.13. The largest absolute Gasteiger partial charge is 0.428 e. The van der Waals surface area contributed by atoms with Gasteiger partial charge >= 0.3 is 11.9 Å². The molecule has 100 valence electrons. The monoisotopic (exact) mass is 284 g/mol. The first kappa shape index (κ1) is 16.5. The number of alkyl halides is 2. The molecular formula is C11H18Cl2O4. The van der Waals surface area contributed by atoms with Crippen LogP contribution in [0.2, 0.25) is 0 Å². The van der Waals surface area contributed by atoms with Crippen molar-refractivity contribution in [1.82, 2.24) is 0 Å². The van der Waals surface area contributed by atoms with Crippen LogP contribution in [0.25, 0.3) is 0 Å². The molecule has 0 aromatic heterocycles. The first-order valence-corrected chi connectivity index (χ1v) is 6.46. The molecular weight excluding hydrogens is 267 g/mol. The van der Waals surface area contributed by atoms with Crippen LogP contribution in [0.15, 0.2) is 0 Å². The number of carbonyl (C=O) groups is 2. The van der Waals surface area contributed by atoms with E-state index in [1.807, 2.05) is 13.8 Å². The first-order valence-electron chi connectivity index (χ1n) is 5.58. The topological polar surface area (TPSA) is 52.6 Å². The molecule has 0 amide bonds. The average molecular weight is 285 g/mol. The normalized spacial score (nSPS) is 13.9. The maximum absolute atomic E-state index is 11.1. The number of halogens is 2. The highest BCUT2D eigenvalue weighted by molar-refractivity contribution is 6.21. The van der Waals surface area contributed by atoms with Gasteiger partial charge in [-0.25, -0.2) is 0 Å². The summed E-state index contributed by atoms with van der Waals surface area (Å²) in [5.41, 5.74) is 0. The highest BCUT2D eigenvalue weighted by atomic mass is 35.5. The van der Waals surface area contributed by atoms with Crippen LogP contribution in [0.3, 0.4) is 0 Å². The number of rotatable bonds is 8. The molecule has 6 heteroatoms. The van der Waals surface area contributed by atoms with Gasteiger partial charge in [0.05, 0.1) is 12.8 Å². The van der Waals surface area contributed by atoms with Crippen LogP contribution in [-0.4, -0.2) is 29.5 Å². The summed E-state index contributed by atoms with van der Waals surface area (Å²) in [6, 6.07) is 0. The fraction of sp³-hybridized carbons (Fsp3) is 0.818. The van der Waals surface area contributed by atoms with Gasteiger partial charge in [-0.2, -0.15) is 0 Å². The lowest BCUT2D eigenvalue weighted by molar-refractivity contribution is -0.167. The van der Waals surface area contributed by atoms with Gasteiger partial charge < -0.3 is 9.47 Å². The highest BCUT2D eigenvalue weighted by Crippen LogP contribution is 2.09. The van der Waals surface area contributed by atoms with Crippen LogP contribution in [0.5, 0.6) is 0 Å². The number of hydrogen-bond acceptors (Lipinski definition) is 4. The predicted octanol–water partition coefficient (Wildman–Crippen LogP) is 2.85. The van der Waals surface area contributed by atoms with Crippen LogP contribution in [0.1, 0.15) is 39.5 Å². The van der Waals surface area contributed by atoms with Crippen molar-refractivity contribution in [2.45, 2.75) is 50.3 Å². The van der Waals surface area contributed by atoms with Crippen molar-refractivity contribution in [2.24, 2.45) is 0 Å². The van der Waals surface area contributed by atoms with Gasteiger partial charge in [0.1, 0.15) is 0 Å². The lowest BCUT2D eigenvalue weighted by Gasteiger charge is -2.09. The van der Waals surface area contributed by atoms with E-state index in [0.29, 0.717) is 12.8 Å². The Morgan fingerprint density at radius 2 is 1.29 bits per heavy atom. The van der Waals surface area contributed by atoms with E-state index in [9.17, 15) is 9.59 Å². The van der Waals surface area contributed by atoms with Crippen LogP contribution < -0.4 is 0 Å². The molecule has 17 heavy (non-hydrogen) atoms. The van der Waals surface area contributed by atoms with Crippen LogP contribution in [0, 0.1) is 0 Å². The molecule has 2 unspecified atom stereocenters. The molecule has 2 atom stereocenters. The Labute approximate surface area is 112 Å². The Balaban J connectivity index is 3.62. The number of ether oxygens (including phenoxy) is 2. The molecule has 4 nitrogen and oxygen atoms in total. The molecule has 0 aromatic rings. The minimum Gasteiger partial charge on any atom is -0.428 e. The summed E-state index contributed by atoms with van der Waals surface area (Å²) < 4.78 is 9.38. The van der Waals surface area contributed by atoms with Crippen molar-refractivity contribution >= 4 is 35.1 Å². The second kappa shape index (κ2) is 9.54. The fourth-order valence-electron chi connectivity index (χ4n) is 0.929. The molecule has 0 aliphatic heterocycles. The molecule has 0 fully saturated rings. The molecule has 0 saturated heterocycles. The zero-order valence-electron chi connectivity index (χ0n) is 10.1. The van der Waals surface area contributed by atoms with Gasteiger partial charge in [0, 0.05) is 10.8 Å². The van der Waals surface area contributed by atoms with Crippen molar-refractivity contribution in [3.8, 4) is 0 Å². The maximum atomic E-state index is 11.1. The van der Waals surface area contributed by atoms with Crippen molar-refractivity contribution in [1.29, 1.82) is 0 Å². The van der Waals surface area contributed by atoms with Crippen LogP contribution in [-0.2, 0) is 19.1 Å². The Morgan fingerprint density at radius 3 is 1.59 bits per heavy atom. The molecule has 0 aliphatic carbocycles. The lowest BCUT2D eigenvalue weighted by atomic mass is 10.2. The fourth-order valence-corrected chi connectivity index (χ4v) is 1.18. The second-order valence-corrected chi connectivity index (χ2v) is 4.80. The Kier molecular flexibility index (Phi) is 9.27. The van der Waals surface area contributed by atoms with E-state index in [-0.39, 0.29) is 30.4 Å². The summed E-state index contributed by atoms with van der Waals surface area (Å²) in [5, 5.41) is -0.490. The molecule has 0 aliphatic rings. The predicted molar refractivity (Wildman–Crippen MR) is 66.1 cm³/mol. The number of carbonyl (C=O) groups excluding carboxylic acids is 2. The van der Waals surface area contributed by atoms with Gasteiger partial charge in [0.15, 0.2) is 0 Å². The van der Waals surface area contributed by atoms with Crippen molar-refractivity contribution < 1.29 is 19.1 Å². The van der Waals surface area contributed by atoms with E-state index in [1.54, 1.807) is 0 Å². The third kappa shape index (κ3) is 9.24. The molecule has 0 bridgehead atoms. The molecule has 0 radical (unpaired) electrons. The SMILES string of the molecule is CCC(Cl)CC(=O)OCOC(=O)CC(Cl)CC. The van der Waals surface area contributed by atoms with E-state index < -0.39 is 11.9 Å². The van der Waals surface area contributed by atoms with Crippen LogP contribution >= 0.6 is 23.2 Å². The molecule has 0 aromatic carbocycles. The molecule has 0 heterocycles. The van der Waals surface area contributed by atoms with E-state index in [1.165, 1.54) is 0 Å². The van der Waals surface area contributed by atoms with E-state index in [4.69, 9.17) is 32.7 Å². The summed E-state index contributed by atoms with van der Waals surface area (Å²) in [6.07, 6.45) is 1.59. The minimum absolute atomic E-state index is 0.114. The standard InChI is InChI=1S/C11H18Cl2O4/c1-3-8(12)5-10(14)16-7-17-11(15)6-9(13)4-2/h8-9H,3-7H2,1-2H3. The Bertz CT molecular complexity index is 222. The van der Waals surface area contributed by atoms with Gasteiger partial charge in [0.25, 0.3) is 0 Å². The molecule has 0 saturated carbocycles. The summed E-state index contributed by atoms with van der Waals surface area (Å²) in [7, 11) is 0. The number of esters is 2. The van der Waals surface area contributed by atoms with Gasteiger partial charge in [-0.3, -0.25) is 9.59 Å². The van der Waals surface area contributed by atoms with Gasteiger partial charge in [-0.1, -0.05) is 13.8 Å². The molecule has 0 spiro atoms. The second-order valence-electron chi connectivity index (χ2n) is 3.57. The average Bonchev–Trinajstić information content (AvgIpc) is 2.28. The number of hydrogen-bond donors (Lipinski definition) is 0. The Hall–Kier alpha value is -0.480. The third-order valence-corrected chi connectivity index (χ3v) is 3.03. The maximum Gasteiger partial charge on any atom is 0.310 e. The zero-order chi connectivity index (χ0) is 13.3. The molecule has 0 N–H and O–H groups in total. The summed E-state index contributed by atoms with van der Waals surface area (Å²) in [5.74, 6) is -0.949. The van der Waals surface area contributed by atoms with Gasteiger partial charge in [-0.05, 0) is 12.8 Å². The van der Waals surface area contributed by atoms with Gasteiger partial charge in [0.2, 0.25) is 6.79 Å². The third-order valence-electron chi connectivity index (χ3n) is 2.10. The Morgan fingerprint density at radius 1 is 0.941 bits per heavy atom. The smallest absolute Gasteiger partial charge is 0.310 e. The summed E-state index contributed by atoms with van der Waals surface area (Å²) in [4.78, 5) is 22.3. The summed E-state index contributed by atoms with van der Waals surface area (Å²) in [6.45, 7) is 3.37. The van der Waals surface area contributed by atoms with Crippen molar-refractivity contribution in [3.05, 3.63) is 0 Å². The van der Waals surface area contributed by atoms with E-state index in [2.05, 4.69) is 0 Å². The first-order chi connectivity index (χ1) is 7.99. The van der Waals surface area contributed by atoms with Crippen molar-refractivity contribution in [3.63, 3.8) is 0 Å². The van der Waals surface area contributed by atoms with Gasteiger partial charge in [-0.15, -0.1) is 23.2 Å². The van der Waals surface area contributed by atoms with Crippen molar-refractivity contribution in [2.75, 3.05) is 6.79 Å². The molecule has 0 rings (SSSR count). The van der Waals surface area contributed by atoms with E-state index >= 15 is 0 Å². The quantitative estimate of drug-likeness (QED) is 0.391. The minimum atomic E-state index is -0.474. The summed E-state index contributed by atoms with van der Waals surface area (Å²) >= 11 is 11.5. The van der Waals surface area contributed by atoms with Crippen LogP contribution in [0.4, 0.5) is 0 Å². The van der Waals surface area contributed by atoms with E-state index in [0.717, 1.165) is 0 Å².